The number of hydrogen-bond donors (Lipinski definition) is 2. The van der Waals surface area contributed by atoms with Crippen molar-refractivity contribution in [3.63, 3.8) is 0 Å². The lowest BCUT2D eigenvalue weighted by molar-refractivity contribution is -0.385. The van der Waals surface area contributed by atoms with Crippen LogP contribution >= 0.6 is 0 Å². The van der Waals surface area contributed by atoms with Crippen molar-refractivity contribution in [2.45, 2.75) is 13.8 Å². The lowest BCUT2D eigenvalue weighted by Gasteiger charge is -2.05. The van der Waals surface area contributed by atoms with Crippen molar-refractivity contribution in [2.24, 2.45) is 0 Å². The molecule has 0 amide bonds. The van der Waals surface area contributed by atoms with Crippen molar-refractivity contribution >= 4 is 17.5 Å². The molecule has 0 radical (unpaired) electrons. The molecule has 0 saturated heterocycles. The molecule has 0 unspecified atom stereocenters. The number of anilines is 2. The van der Waals surface area contributed by atoms with Crippen LogP contribution in [0, 0.1) is 17.0 Å². The van der Waals surface area contributed by atoms with Crippen molar-refractivity contribution in [1.82, 2.24) is 9.97 Å². The van der Waals surface area contributed by atoms with E-state index in [1.54, 1.807) is 0 Å². The number of nitrogen functional groups attached to an aromatic ring is 1. The molecule has 0 aliphatic carbocycles. The van der Waals surface area contributed by atoms with Crippen molar-refractivity contribution in [2.75, 3.05) is 17.6 Å². The van der Waals surface area contributed by atoms with Crippen LogP contribution in [-0.4, -0.2) is 21.4 Å². The van der Waals surface area contributed by atoms with Crippen LogP contribution in [0.25, 0.3) is 0 Å². The Kier molecular flexibility index (Phi) is 2.80. The van der Waals surface area contributed by atoms with Crippen LogP contribution in [0.5, 0.6) is 0 Å². The van der Waals surface area contributed by atoms with Gasteiger partial charge in [0.15, 0.2) is 0 Å². The Morgan fingerprint density at radius 2 is 2.21 bits per heavy atom. The molecule has 0 fully saturated rings. The summed E-state index contributed by atoms with van der Waals surface area (Å²) in [5, 5.41) is 13.4. The van der Waals surface area contributed by atoms with Gasteiger partial charge in [0.1, 0.15) is 5.69 Å². The van der Waals surface area contributed by atoms with Gasteiger partial charge >= 0.3 is 5.69 Å². The molecule has 14 heavy (non-hydrogen) atoms. The van der Waals surface area contributed by atoms with Crippen LogP contribution in [0.15, 0.2) is 0 Å². The first-order chi connectivity index (χ1) is 6.56. The minimum Gasteiger partial charge on any atom is -0.368 e. The summed E-state index contributed by atoms with van der Waals surface area (Å²) in [6.45, 7) is 3.88. The van der Waals surface area contributed by atoms with Gasteiger partial charge in [0, 0.05) is 6.54 Å². The van der Waals surface area contributed by atoms with E-state index in [0.717, 1.165) is 0 Å². The molecule has 1 aromatic rings. The molecule has 0 bridgehead atoms. The zero-order valence-electron chi connectivity index (χ0n) is 7.94. The second kappa shape index (κ2) is 3.86. The minimum atomic E-state index is -0.521. The zero-order chi connectivity index (χ0) is 10.7. The summed E-state index contributed by atoms with van der Waals surface area (Å²) < 4.78 is 0. The van der Waals surface area contributed by atoms with Crippen LogP contribution in [0.4, 0.5) is 17.5 Å². The van der Waals surface area contributed by atoms with Crippen molar-refractivity contribution in [3.8, 4) is 0 Å². The summed E-state index contributed by atoms with van der Waals surface area (Å²) in [5.74, 6) is 0.201. The normalized spacial score (nSPS) is 9.86. The number of aryl methyl sites for hydroxylation is 1. The van der Waals surface area contributed by atoms with Crippen LogP contribution in [0.1, 0.15) is 12.6 Å². The Morgan fingerprint density at radius 1 is 1.57 bits per heavy atom. The van der Waals surface area contributed by atoms with E-state index < -0.39 is 4.92 Å². The zero-order valence-corrected chi connectivity index (χ0v) is 7.94. The van der Waals surface area contributed by atoms with E-state index in [1.165, 1.54) is 6.92 Å². The fraction of sp³-hybridized carbons (Fsp3) is 0.429. The highest BCUT2D eigenvalue weighted by Crippen LogP contribution is 2.25. The Hall–Kier alpha value is -1.92. The number of hydrogen-bond acceptors (Lipinski definition) is 6. The summed E-state index contributed by atoms with van der Waals surface area (Å²) >= 11 is 0. The maximum absolute atomic E-state index is 10.7. The van der Waals surface area contributed by atoms with Crippen molar-refractivity contribution < 1.29 is 4.92 Å². The smallest absolute Gasteiger partial charge is 0.332 e. The van der Waals surface area contributed by atoms with Crippen molar-refractivity contribution in [1.29, 1.82) is 0 Å². The second-order valence-corrected chi connectivity index (χ2v) is 2.65. The predicted octanol–water partition coefficient (Wildman–Crippen LogP) is 0.707. The third-order valence-corrected chi connectivity index (χ3v) is 1.60. The maximum Gasteiger partial charge on any atom is 0.332 e. The SMILES string of the molecule is CCNc1nc(N)nc(C)c1[N+](=O)[O-]. The lowest BCUT2D eigenvalue weighted by atomic mass is 10.3. The molecule has 1 aromatic heterocycles. The van der Waals surface area contributed by atoms with Crippen LogP contribution < -0.4 is 11.1 Å². The number of aromatic nitrogens is 2. The monoisotopic (exact) mass is 197 g/mol. The van der Waals surface area contributed by atoms with E-state index in [1.807, 2.05) is 6.92 Å². The van der Waals surface area contributed by atoms with Gasteiger partial charge < -0.3 is 11.1 Å². The van der Waals surface area contributed by atoms with Gasteiger partial charge in [-0.25, -0.2) is 4.98 Å². The summed E-state index contributed by atoms with van der Waals surface area (Å²) in [6, 6.07) is 0. The molecule has 0 aliphatic heterocycles. The molecular formula is C7H11N5O2. The van der Waals surface area contributed by atoms with Crippen LogP contribution in [0.2, 0.25) is 0 Å². The van der Waals surface area contributed by atoms with E-state index in [4.69, 9.17) is 5.73 Å². The molecular weight excluding hydrogens is 186 g/mol. The number of rotatable bonds is 3. The molecule has 7 nitrogen and oxygen atoms in total. The molecule has 0 saturated carbocycles. The van der Waals surface area contributed by atoms with E-state index in [-0.39, 0.29) is 23.1 Å². The fourth-order valence-electron chi connectivity index (χ4n) is 1.10. The average Bonchev–Trinajstić information content (AvgIpc) is 2.01. The molecule has 3 N–H and O–H groups in total. The molecule has 0 spiro atoms. The van der Waals surface area contributed by atoms with Gasteiger partial charge in [0.25, 0.3) is 0 Å². The minimum absolute atomic E-state index is 0.0315. The van der Waals surface area contributed by atoms with Gasteiger partial charge in [0.2, 0.25) is 11.8 Å². The van der Waals surface area contributed by atoms with Gasteiger partial charge in [-0.2, -0.15) is 4.98 Å². The topological polar surface area (TPSA) is 107 Å². The Balaban J connectivity index is 3.28. The standard InChI is InChI=1S/C7H11N5O2/c1-3-9-6-5(12(13)14)4(2)10-7(8)11-6/h3H2,1-2H3,(H3,8,9,10,11). The van der Waals surface area contributed by atoms with Gasteiger partial charge in [-0.1, -0.05) is 0 Å². The van der Waals surface area contributed by atoms with Gasteiger partial charge in [-0.3, -0.25) is 10.1 Å². The maximum atomic E-state index is 10.7. The Morgan fingerprint density at radius 3 is 2.71 bits per heavy atom. The fourth-order valence-corrected chi connectivity index (χ4v) is 1.10. The summed E-state index contributed by atoms with van der Waals surface area (Å²) in [6.07, 6.45) is 0. The van der Waals surface area contributed by atoms with Crippen LogP contribution in [-0.2, 0) is 0 Å². The third kappa shape index (κ3) is 1.87. The van der Waals surface area contributed by atoms with E-state index >= 15 is 0 Å². The Labute approximate surface area is 80.5 Å². The highest BCUT2D eigenvalue weighted by atomic mass is 16.6. The first-order valence-electron chi connectivity index (χ1n) is 4.08. The summed E-state index contributed by atoms with van der Waals surface area (Å²) in [5.41, 5.74) is 5.51. The predicted molar refractivity (Wildman–Crippen MR) is 52.0 cm³/mol. The molecule has 0 aromatic carbocycles. The van der Waals surface area contributed by atoms with Crippen LogP contribution in [0.3, 0.4) is 0 Å². The van der Waals surface area contributed by atoms with E-state index in [0.29, 0.717) is 6.54 Å². The highest BCUT2D eigenvalue weighted by molar-refractivity contribution is 5.60. The highest BCUT2D eigenvalue weighted by Gasteiger charge is 2.20. The molecule has 0 atom stereocenters. The van der Waals surface area contributed by atoms with Gasteiger partial charge in [-0.05, 0) is 13.8 Å². The Bertz CT molecular complexity index is 365. The van der Waals surface area contributed by atoms with Gasteiger partial charge in [0.05, 0.1) is 4.92 Å². The van der Waals surface area contributed by atoms with Gasteiger partial charge in [-0.15, -0.1) is 0 Å². The first kappa shape index (κ1) is 10.2. The molecule has 1 heterocycles. The number of nitro groups is 1. The number of nitrogens with zero attached hydrogens (tertiary/aromatic N) is 3. The third-order valence-electron chi connectivity index (χ3n) is 1.60. The lowest BCUT2D eigenvalue weighted by Crippen LogP contribution is -2.09. The molecule has 76 valence electrons. The summed E-state index contributed by atoms with van der Waals surface area (Å²) in [4.78, 5) is 17.6. The quantitative estimate of drug-likeness (QED) is 0.545. The summed E-state index contributed by atoms with van der Waals surface area (Å²) in [7, 11) is 0. The first-order valence-corrected chi connectivity index (χ1v) is 4.08. The van der Waals surface area contributed by atoms with E-state index in [9.17, 15) is 10.1 Å². The largest absolute Gasteiger partial charge is 0.368 e. The second-order valence-electron chi connectivity index (χ2n) is 2.65. The molecule has 1 rings (SSSR count). The number of nitrogens with one attached hydrogen (secondary N) is 1. The number of nitrogens with two attached hydrogens (primary N) is 1. The molecule has 7 heteroatoms. The van der Waals surface area contributed by atoms with Crippen molar-refractivity contribution in [3.05, 3.63) is 15.8 Å². The van der Waals surface area contributed by atoms with E-state index in [2.05, 4.69) is 15.3 Å². The average molecular weight is 197 g/mol. The molecule has 0 aliphatic rings.